The van der Waals surface area contributed by atoms with Crippen molar-refractivity contribution >= 4 is 18.1 Å². The topological polar surface area (TPSA) is 99.8 Å². The van der Waals surface area contributed by atoms with E-state index < -0.39 is 11.7 Å². The molecule has 11 heteroatoms. The summed E-state index contributed by atoms with van der Waals surface area (Å²) in [6.07, 6.45) is 1.39. The number of amides is 2. The minimum Gasteiger partial charge on any atom is -0.492 e. The molecule has 8 nitrogen and oxygen atoms in total. The van der Waals surface area contributed by atoms with Gasteiger partial charge in [0.05, 0.1) is 24.7 Å². The third-order valence-electron chi connectivity index (χ3n) is 6.97. The van der Waals surface area contributed by atoms with Crippen LogP contribution in [0.15, 0.2) is 48.5 Å². The van der Waals surface area contributed by atoms with Crippen LogP contribution < -0.4 is 20.7 Å². The van der Waals surface area contributed by atoms with Crippen LogP contribution in [0.25, 0.3) is 0 Å². The third-order valence-corrected chi connectivity index (χ3v) is 6.97. The van der Waals surface area contributed by atoms with Gasteiger partial charge in [-0.2, -0.15) is 13.2 Å². The monoisotopic (exact) mass is 592 g/mol. The zero-order valence-electron chi connectivity index (χ0n) is 24.6. The first kappa shape index (κ1) is 34.8. The van der Waals surface area contributed by atoms with Crippen molar-refractivity contribution in [2.75, 3.05) is 46.9 Å². The Balaban J connectivity index is 0.000000468. The maximum atomic E-state index is 12.7. The molecule has 2 aromatic carbocycles. The lowest BCUT2D eigenvalue weighted by atomic mass is 9.79. The third kappa shape index (κ3) is 12.2. The molecule has 232 valence electrons. The average molecular weight is 593 g/mol. The van der Waals surface area contributed by atoms with Gasteiger partial charge in [0, 0.05) is 20.1 Å². The Hall–Kier alpha value is -3.44. The van der Waals surface area contributed by atoms with Crippen molar-refractivity contribution in [2.45, 2.75) is 51.2 Å². The van der Waals surface area contributed by atoms with Crippen molar-refractivity contribution in [2.24, 2.45) is 5.92 Å². The highest BCUT2D eigenvalue weighted by atomic mass is 19.4. The summed E-state index contributed by atoms with van der Waals surface area (Å²) in [5.74, 6) is 1.12. The van der Waals surface area contributed by atoms with E-state index in [2.05, 4.69) is 16.0 Å². The van der Waals surface area contributed by atoms with E-state index >= 15 is 0 Å². The van der Waals surface area contributed by atoms with Crippen LogP contribution >= 0.6 is 0 Å². The first-order chi connectivity index (χ1) is 20.1. The summed E-state index contributed by atoms with van der Waals surface area (Å²) in [6.45, 7) is 3.81. The number of nitrogens with zero attached hydrogens (tertiary/aromatic N) is 1. The molecule has 0 spiro atoms. The Morgan fingerprint density at radius 3 is 2.38 bits per heavy atom. The molecule has 0 aromatic heterocycles. The lowest BCUT2D eigenvalue weighted by molar-refractivity contribution is -0.137. The number of alkyl halides is 3. The lowest BCUT2D eigenvalue weighted by Gasteiger charge is -2.35. The molecule has 1 saturated carbocycles. The fourth-order valence-corrected chi connectivity index (χ4v) is 4.37. The van der Waals surface area contributed by atoms with Gasteiger partial charge in [-0.3, -0.25) is 9.59 Å². The van der Waals surface area contributed by atoms with Crippen molar-refractivity contribution in [1.29, 1.82) is 0 Å². The number of likely N-dealkylation sites (N-methyl/N-ethyl adjacent to an activating group) is 2. The first-order valence-electron chi connectivity index (χ1n) is 14.2. The van der Waals surface area contributed by atoms with E-state index in [-0.39, 0.29) is 24.4 Å². The molecule has 0 bridgehead atoms. The Bertz CT molecular complexity index is 1110. The molecule has 0 saturated heterocycles. The molecule has 1 unspecified atom stereocenters. The van der Waals surface area contributed by atoms with Crippen molar-refractivity contribution in [3.8, 4) is 5.75 Å². The zero-order chi connectivity index (χ0) is 31.0. The number of para-hydroxylation sites is 1. The largest absolute Gasteiger partial charge is 0.492 e. The van der Waals surface area contributed by atoms with Crippen LogP contribution in [0.3, 0.4) is 0 Å². The van der Waals surface area contributed by atoms with Gasteiger partial charge < -0.3 is 30.4 Å². The van der Waals surface area contributed by atoms with Gasteiger partial charge in [-0.05, 0) is 69.3 Å². The summed E-state index contributed by atoms with van der Waals surface area (Å²) in [4.78, 5) is 36.4. The SMILES string of the molecule is CNCC(=O)NCCCc1ccccc1OCCNC(C(=O)N(C)CC=O)C1CCC1.Cc1ccc(C(F)(F)F)cc1. The van der Waals surface area contributed by atoms with Crippen LogP contribution in [-0.4, -0.2) is 75.9 Å². The second kappa shape index (κ2) is 18.2. The Kier molecular flexibility index (Phi) is 15.0. The van der Waals surface area contributed by atoms with E-state index in [1.807, 2.05) is 24.3 Å². The van der Waals surface area contributed by atoms with Gasteiger partial charge in [-0.25, -0.2) is 0 Å². The Morgan fingerprint density at radius 2 is 1.79 bits per heavy atom. The van der Waals surface area contributed by atoms with E-state index in [9.17, 15) is 27.6 Å². The molecule has 0 aliphatic heterocycles. The fraction of sp³-hybridized carbons (Fsp3) is 0.516. The fourth-order valence-electron chi connectivity index (χ4n) is 4.37. The van der Waals surface area contributed by atoms with Gasteiger partial charge >= 0.3 is 6.18 Å². The number of rotatable bonds is 15. The quantitative estimate of drug-likeness (QED) is 0.215. The molecule has 3 N–H and O–H groups in total. The first-order valence-corrected chi connectivity index (χ1v) is 14.2. The number of hydrogen-bond donors (Lipinski definition) is 3. The zero-order valence-corrected chi connectivity index (χ0v) is 24.6. The number of aldehydes is 1. The van der Waals surface area contributed by atoms with E-state index in [0.29, 0.717) is 32.2 Å². The van der Waals surface area contributed by atoms with Crippen LogP contribution in [0.5, 0.6) is 5.75 Å². The van der Waals surface area contributed by atoms with E-state index in [0.717, 1.165) is 67.4 Å². The number of carbonyl (C=O) groups is 3. The van der Waals surface area contributed by atoms with Crippen LogP contribution in [0, 0.1) is 12.8 Å². The molecule has 42 heavy (non-hydrogen) atoms. The van der Waals surface area contributed by atoms with E-state index in [4.69, 9.17) is 4.74 Å². The predicted octanol–water partition coefficient (Wildman–Crippen LogP) is 3.76. The van der Waals surface area contributed by atoms with Crippen LogP contribution in [0.1, 0.15) is 42.4 Å². The molecule has 1 atom stereocenters. The molecule has 1 fully saturated rings. The normalized spacial score (nSPS) is 13.7. The van der Waals surface area contributed by atoms with Crippen molar-refractivity contribution in [3.63, 3.8) is 0 Å². The van der Waals surface area contributed by atoms with Gasteiger partial charge in [0.1, 0.15) is 18.6 Å². The summed E-state index contributed by atoms with van der Waals surface area (Å²) in [6, 6.07) is 12.7. The summed E-state index contributed by atoms with van der Waals surface area (Å²) >= 11 is 0. The van der Waals surface area contributed by atoms with Gasteiger partial charge in [0.15, 0.2) is 0 Å². The molecule has 3 rings (SSSR count). The highest BCUT2D eigenvalue weighted by Crippen LogP contribution is 2.30. The number of halogens is 3. The second-order valence-corrected chi connectivity index (χ2v) is 10.3. The summed E-state index contributed by atoms with van der Waals surface area (Å²) in [5.41, 5.74) is 1.34. The molecular weight excluding hydrogens is 549 g/mol. The second-order valence-electron chi connectivity index (χ2n) is 10.3. The number of aryl methyl sites for hydroxylation is 2. The van der Waals surface area contributed by atoms with E-state index in [1.54, 1.807) is 21.0 Å². The maximum absolute atomic E-state index is 12.7. The predicted molar refractivity (Wildman–Crippen MR) is 156 cm³/mol. The van der Waals surface area contributed by atoms with E-state index in [1.165, 1.54) is 17.0 Å². The van der Waals surface area contributed by atoms with Crippen molar-refractivity contribution in [1.82, 2.24) is 20.9 Å². The van der Waals surface area contributed by atoms with Crippen LogP contribution in [0.2, 0.25) is 0 Å². The smallest absolute Gasteiger partial charge is 0.416 e. The molecule has 0 heterocycles. The standard InChI is InChI=1S/C23H36N4O4.C8H7F3/c1-24-17-21(29)25-12-6-10-18-7-3-4-11-20(18)31-16-13-26-22(19-8-5-9-19)23(30)27(2)14-15-28;1-6-2-4-7(5-3-6)8(9,10)11/h3-4,7,11,15,19,22,24,26H,5-6,8-10,12-14,16-17H2,1-2H3,(H,25,29);2-5H,1H3. The Morgan fingerprint density at radius 1 is 1.10 bits per heavy atom. The summed E-state index contributed by atoms with van der Waals surface area (Å²) < 4.78 is 41.7. The highest BCUT2D eigenvalue weighted by Gasteiger charge is 2.33. The number of benzene rings is 2. The van der Waals surface area contributed by atoms with Crippen molar-refractivity contribution in [3.05, 3.63) is 65.2 Å². The number of ether oxygens (including phenoxy) is 1. The summed E-state index contributed by atoms with van der Waals surface area (Å²) in [5, 5.41) is 9.05. The minimum atomic E-state index is -4.21. The number of carbonyl (C=O) groups excluding carboxylic acids is 3. The molecule has 0 radical (unpaired) electrons. The number of hydrogen-bond acceptors (Lipinski definition) is 6. The molecule has 2 aromatic rings. The number of nitrogens with one attached hydrogen (secondary N) is 3. The average Bonchev–Trinajstić information content (AvgIpc) is 2.92. The summed E-state index contributed by atoms with van der Waals surface area (Å²) in [7, 11) is 3.41. The molecule has 1 aliphatic carbocycles. The maximum Gasteiger partial charge on any atom is 0.416 e. The molecule has 1 aliphatic rings. The van der Waals surface area contributed by atoms with Crippen molar-refractivity contribution < 1.29 is 32.3 Å². The minimum absolute atomic E-state index is 0.00698. The molecular formula is C31H43F3N4O4. The lowest BCUT2D eigenvalue weighted by Crippen LogP contribution is -2.52. The van der Waals surface area contributed by atoms with Gasteiger partial charge in [0.25, 0.3) is 0 Å². The molecule has 2 amide bonds. The van der Waals surface area contributed by atoms with Gasteiger partial charge in [-0.15, -0.1) is 0 Å². The highest BCUT2D eigenvalue weighted by molar-refractivity contribution is 5.83. The van der Waals surface area contributed by atoms with Crippen LogP contribution in [0.4, 0.5) is 13.2 Å². The van der Waals surface area contributed by atoms with Gasteiger partial charge in [-0.1, -0.05) is 42.3 Å². The van der Waals surface area contributed by atoms with Crippen LogP contribution in [-0.2, 0) is 27.0 Å². The van der Waals surface area contributed by atoms with Gasteiger partial charge in [0.2, 0.25) is 11.8 Å². The Labute approximate surface area is 246 Å².